The van der Waals surface area contributed by atoms with Gasteiger partial charge in [0, 0.05) is 17.3 Å². The Morgan fingerprint density at radius 1 is 0.941 bits per heavy atom. The van der Waals surface area contributed by atoms with E-state index in [9.17, 15) is 5.11 Å². The Bertz CT molecular complexity index is 688. The molecule has 0 amide bonds. The van der Waals surface area contributed by atoms with Crippen LogP contribution >= 0.6 is 15.9 Å². The van der Waals surface area contributed by atoms with Gasteiger partial charge in [-0.3, -0.25) is 0 Å². The van der Waals surface area contributed by atoms with Crippen molar-refractivity contribution in [3.05, 3.63) is 53.3 Å². The SMILES string of the molecule is Oc1cc2ccccc2cc1-c1cc[nH]c1Br. The number of rotatable bonds is 1. The molecule has 0 unspecified atom stereocenters. The van der Waals surface area contributed by atoms with Crippen LogP contribution in [0.3, 0.4) is 0 Å². The number of hydrogen-bond donors (Lipinski definition) is 2. The van der Waals surface area contributed by atoms with Gasteiger partial charge in [-0.15, -0.1) is 0 Å². The van der Waals surface area contributed by atoms with Gasteiger partial charge in [0.1, 0.15) is 5.75 Å². The standard InChI is InChI=1S/C14H10BrNO/c15-14-11(5-6-16-14)12-7-9-3-1-2-4-10(9)8-13(12)17/h1-8,16-17H. The van der Waals surface area contributed by atoms with Gasteiger partial charge in [-0.1, -0.05) is 24.3 Å². The third-order valence-electron chi connectivity index (χ3n) is 2.85. The van der Waals surface area contributed by atoms with Gasteiger partial charge in [-0.2, -0.15) is 0 Å². The summed E-state index contributed by atoms with van der Waals surface area (Å²) in [5.74, 6) is 0.295. The number of phenolic OH excluding ortho intramolecular Hbond substituents is 1. The number of aromatic hydroxyl groups is 1. The largest absolute Gasteiger partial charge is 0.507 e. The Balaban J connectivity index is 2.30. The molecule has 0 saturated carbocycles. The van der Waals surface area contributed by atoms with Crippen LogP contribution < -0.4 is 0 Å². The predicted octanol–water partition coefficient (Wildman–Crippen LogP) is 4.30. The molecule has 0 aliphatic heterocycles. The fourth-order valence-electron chi connectivity index (χ4n) is 2.00. The minimum Gasteiger partial charge on any atom is -0.507 e. The van der Waals surface area contributed by atoms with Gasteiger partial charge in [-0.25, -0.2) is 0 Å². The molecule has 0 aliphatic rings. The van der Waals surface area contributed by atoms with E-state index in [0.29, 0.717) is 5.75 Å². The van der Waals surface area contributed by atoms with Crippen molar-refractivity contribution in [2.45, 2.75) is 0 Å². The van der Waals surface area contributed by atoms with E-state index >= 15 is 0 Å². The van der Waals surface area contributed by atoms with Gasteiger partial charge < -0.3 is 10.1 Å². The smallest absolute Gasteiger partial charge is 0.124 e. The zero-order valence-corrected chi connectivity index (χ0v) is 10.5. The Morgan fingerprint density at radius 2 is 1.65 bits per heavy atom. The Labute approximate surface area is 107 Å². The van der Waals surface area contributed by atoms with Gasteiger partial charge in [0.15, 0.2) is 0 Å². The summed E-state index contributed by atoms with van der Waals surface area (Å²) in [6.07, 6.45) is 1.84. The molecule has 3 heteroatoms. The highest BCUT2D eigenvalue weighted by atomic mass is 79.9. The first kappa shape index (κ1) is 10.4. The van der Waals surface area contributed by atoms with Gasteiger partial charge in [0.25, 0.3) is 0 Å². The van der Waals surface area contributed by atoms with E-state index in [4.69, 9.17) is 0 Å². The molecule has 3 rings (SSSR count). The summed E-state index contributed by atoms with van der Waals surface area (Å²) < 4.78 is 0.878. The molecular formula is C14H10BrNO. The summed E-state index contributed by atoms with van der Waals surface area (Å²) in [5.41, 5.74) is 1.80. The number of benzene rings is 2. The average Bonchev–Trinajstić information content (AvgIpc) is 2.74. The molecule has 0 saturated heterocycles. The summed E-state index contributed by atoms with van der Waals surface area (Å²) in [6.45, 7) is 0. The highest BCUT2D eigenvalue weighted by Gasteiger charge is 2.09. The van der Waals surface area contributed by atoms with E-state index < -0.39 is 0 Å². The van der Waals surface area contributed by atoms with Crippen LogP contribution in [0.4, 0.5) is 0 Å². The monoisotopic (exact) mass is 287 g/mol. The fraction of sp³-hybridized carbons (Fsp3) is 0. The van der Waals surface area contributed by atoms with E-state index in [0.717, 1.165) is 26.5 Å². The molecular weight excluding hydrogens is 278 g/mol. The van der Waals surface area contributed by atoms with Gasteiger partial charge in [0.05, 0.1) is 4.60 Å². The number of phenols is 1. The van der Waals surface area contributed by atoms with Crippen molar-refractivity contribution in [3.8, 4) is 16.9 Å². The summed E-state index contributed by atoms with van der Waals surface area (Å²) in [5, 5.41) is 12.2. The second-order valence-electron chi connectivity index (χ2n) is 3.92. The third kappa shape index (κ3) is 1.72. The van der Waals surface area contributed by atoms with Crippen LogP contribution in [-0.4, -0.2) is 10.1 Å². The number of nitrogens with one attached hydrogen (secondary N) is 1. The van der Waals surface area contributed by atoms with Gasteiger partial charge in [-0.05, 0) is 44.9 Å². The molecule has 0 bridgehead atoms. The molecule has 0 aliphatic carbocycles. The van der Waals surface area contributed by atoms with Crippen molar-refractivity contribution in [1.29, 1.82) is 0 Å². The maximum atomic E-state index is 10.1. The summed E-state index contributed by atoms with van der Waals surface area (Å²) in [6, 6.07) is 13.7. The highest BCUT2D eigenvalue weighted by molar-refractivity contribution is 9.10. The van der Waals surface area contributed by atoms with Crippen molar-refractivity contribution < 1.29 is 5.11 Å². The van der Waals surface area contributed by atoms with Crippen molar-refractivity contribution in [2.75, 3.05) is 0 Å². The van der Waals surface area contributed by atoms with E-state index in [1.807, 2.05) is 42.6 Å². The predicted molar refractivity (Wildman–Crippen MR) is 73.1 cm³/mol. The van der Waals surface area contributed by atoms with Crippen LogP contribution in [0.1, 0.15) is 0 Å². The molecule has 0 fully saturated rings. The third-order valence-corrected chi connectivity index (χ3v) is 3.51. The number of aromatic nitrogens is 1. The first-order valence-corrected chi connectivity index (χ1v) is 6.10. The normalized spacial score (nSPS) is 10.9. The number of H-pyrrole nitrogens is 1. The van der Waals surface area contributed by atoms with Crippen molar-refractivity contribution >= 4 is 26.7 Å². The summed E-state index contributed by atoms with van der Waals surface area (Å²) >= 11 is 3.43. The van der Waals surface area contributed by atoms with Gasteiger partial charge >= 0.3 is 0 Å². The van der Waals surface area contributed by atoms with Crippen LogP contribution in [-0.2, 0) is 0 Å². The fourth-order valence-corrected chi connectivity index (χ4v) is 2.48. The zero-order chi connectivity index (χ0) is 11.8. The number of hydrogen-bond acceptors (Lipinski definition) is 1. The van der Waals surface area contributed by atoms with E-state index in [1.54, 1.807) is 6.07 Å². The summed E-state index contributed by atoms with van der Waals surface area (Å²) in [7, 11) is 0. The Kier molecular flexibility index (Phi) is 2.41. The maximum Gasteiger partial charge on any atom is 0.124 e. The minimum atomic E-state index is 0.295. The molecule has 3 aromatic rings. The van der Waals surface area contributed by atoms with Crippen LogP contribution in [0.5, 0.6) is 5.75 Å². The van der Waals surface area contributed by atoms with E-state index in [2.05, 4.69) is 20.9 Å². The first-order valence-electron chi connectivity index (χ1n) is 5.31. The van der Waals surface area contributed by atoms with Gasteiger partial charge in [0.2, 0.25) is 0 Å². The quantitative estimate of drug-likeness (QED) is 0.688. The number of fused-ring (bicyclic) bond motifs is 1. The zero-order valence-electron chi connectivity index (χ0n) is 8.94. The second kappa shape index (κ2) is 3.93. The molecule has 2 N–H and O–H groups in total. The Morgan fingerprint density at radius 3 is 2.29 bits per heavy atom. The molecule has 0 spiro atoms. The number of halogens is 1. The minimum absolute atomic E-state index is 0.295. The first-order chi connectivity index (χ1) is 8.25. The van der Waals surface area contributed by atoms with Crippen molar-refractivity contribution in [3.63, 3.8) is 0 Å². The lowest BCUT2D eigenvalue weighted by Gasteiger charge is -2.06. The van der Waals surface area contributed by atoms with Crippen molar-refractivity contribution in [1.82, 2.24) is 4.98 Å². The molecule has 2 nitrogen and oxygen atoms in total. The highest BCUT2D eigenvalue weighted by Crippen LogP contribution is 2.36. The number of aromatic amines is 1. The van der Waals surface area contributed by atoms with Crippen LogP contribution in [0.15, 0.2) is 53.3 Å². The maximum absolute atomic E-state index is 10.1. The lowest BCUT2D eigenvalue weighted by Crippen LogP contribution is -1.80. The summed E-state index contributed by atoms with van der Waals surface area (Å²) in [4.78, 5) is 3.05. The molecule has 2 aromatic carbocycles. The molecule has 0 radical (unpaired) electrons. The molecule has 84 valence electrons. The lowest BCUT2D eigenvalue weighted by molar-refractivity contribution is 0.478. The Hall–Kier alpha value is -1.74. The topological polar surface area (TPSA) is 36.0 Å². The van der Waals surface area contributed by atoms with Crippen LogP contribution in [0, 0.1) is 0 Å². The van der Waals surface area contributed by atoms with Crippen molar-refractivity contribution in [2.24, 2.45) is 0 Å². The molecule has 0 atom stereocenters. The van der Waals surface area contributed by atoms with E-state index in [1.165, 1.54) is 0 Å². The molecule has 17 heavy (non-hydrogen) atoms. The molecule has 1 heterocycles. The lowest BCUT2D eigenvalue weighted by atomic mass is 10.0. The van der Waals surface area contributed by atoms with Crippen LogP contribution in [0.25, 0.3) is 21.9 Å². The van der Waals surface area contributed by atoms with E-state index in [-0.39, 0.29) is 0 Å². The second-order valence-corrected chi connectivity index (χ2v) is 4.71. The van der Waals surface area contributed by atoms with Crippen LogP contribution in [0.2, 0.25) is 0 Å². The molecule has 1 aromatic heterocycles. The average molecular weight is 288 g/mol.